The number of nitrogens with zero attached hydrogens (tertiary/aromatic N) is 6. The van der Waals surface area contributed by atoms with Crippen LogP contribution in [0.4, 0.5) is 11.4 Å². The first-order chi connectivity index (χ1) is 11.5. The average Bonchev–Trinajstić information content (AvgIpc) is 2.53. The molecule has 2 aromatic carbocycles. The highest BCUT2D eigenvalue weighted by molar-refractivity contribution is 6.05. The van der Waals surface area contributed by atoms with Gasteiger partial charge in [-0.05, 0) is 11.1 Å². The molecule has 0 fully saturated rings. The molecule has 0 atom stereocenters. The zero-order valence-electron chi connectivity index (χ0n) is 12.6. The first kappa shape index (κ1) is 16.6. The average molecular weight is 326 g/mol. The number of ether oxygens (including phenoxy) is 2. The monoisotopic (exact) mass is 326 g/mol. The summed E-state index contributed by atoms with van der Waals surface area (Å²) in [7, 11) is 0. The van der Waals surface area contributed by atoms with Gasteiger partial charge in [0.25, 0.3) is 0 Å². The van der Waals surface area contributed by atoms with E-state index in [1.807, 2.05) is 0 Å². The number of rotatable bonds is 4. The summed E-state index contributed by atoms with van der Waals surface area (Å²) in [6, 6.07) is 6.47. The molecule has 0 N–H and O–H groups in total. The quantitative estimate of drug-likeness (QED) is 0.265. The molecule has 0 aliphatic rings. The second-order valence-corrected chi connectivity index (χ2v) is 4.47. The van der Waals surface area contributed by atoms with Crippen LogP contribution in [0.5, 0.6) is 11.5 Å². The molecule has 0 aliphatic heterocycles. The summed E-state index contributed by atoms with van der Waals surface area (Å²) in [5.41, 5.74) is 17.1. The first-order valence-electron chi connectivity index (χ1n) is 6.55. The van der Waals surface area contributed by atoms with Crippen molar-refractivity contribution in [3.63, 3.8) is 0 Å². The molecule has 10 heteroatoms. The Bertz CT molecular complexity index is 865. The molecule has 0 radical (unpaired) electrons. The van der Waals surface area contributed by atoms with Gasteiger partial charge < -0.3 is 9.47 Å². The molecule has 0 aliphatic carbocycles. The summed E-state index contributed by atoms with van der Waals surface area (Å²) in [6.45, 7) is 2.34. The topological polar surface area (TPSA) is 150 Å². The van der Waals surface area contributed by atoms with E-state index in [4.69, 9.17) is 20.5 Å². The molecular weight excluding hydrogens is 316 g/mol. The van der Waals surface area contributed by atoms with Crippen LogP contribution in [-0.4, -0.2) is 11.9 Å². The second-order valence-electron chi connectivity index (χ2n) is 4.47. The van der Waals surface area contributed by atoms with E-state index in [1.165, 1.54) is 13.8 Å². The molecule has 10 nitrogen and oxygen atoms in total. The van der Waals surface area contributed by atoms with Gasteiger partial charge in [-0.15, -0.1) is 0 Å². The third kappa shape index (κ3) is 3.20. The van der Waals surface area contributed by atoms with E-state index in [9.17, 15) is 9.59 Å². The number of esters is 2. The number of carbonyl (C=O) groups excluding carboxylic acids is 2. The summed E-state index contributed by atoms with van der Waals surface area (Å²) >= 11 is 0. The van der Waals surface area contributed by atoms with Gasteiger partial charge in [0, 0.05) is 34.4 Å². The summed E-state index contributed by atoms with van der Waals surface area (Å²) in [6.07, 6.45) is 0. The maximum atomic E-state index is 11.4. The molecular formula is C14H10N6O4. The van der Waals surface area contributed by atoms with Gasteiger partial charge in [0.2, 0.25) is 0 Å². The minimum absolute atomic E-state index is 0.0887. The van der Waals surface area contributed by atoms with Gasteiger partial charge in [-0.25, -0.2) is 0 Å². The molecule has 2 aromatic rings. The van der Waals surface area contributed by atoms with Crippen LogP contribution in [0.15, 0.2) is 34.5 Å². The van der Waals surface area contributed by atoms with E-state index in [0.29, 0.717) is 10.8 Å². The lowest BCUT2D eigenvalue weighted by molar-refractivity contribution is -0.132. The Morgan fingerprint density at radius 2 is 1.25 bits per heavy atom. The number of hydrogen-bond acceptors (Lipinski definition) is 6. The van der Waals surface area contributed by atoms with Crippen LogP contribution in [-0.2, 0) is 9.59 Å². The number of hydrogen-bond donors (Lipinski definition) is 0. The van der Waals surface area contributed by atoms with Crippen molar-refractivity contribution in [2.75, 3.05) is 0 Å². The Balaban J connectivity index is 3.05. The maximum Gasteiger partial charge on any atom is 0.308 e. The van der Waals surface area contributed by atoms with Crippen molar-refractivity contribution in [3.05, 3.63) is 45.2 Å². The smallest absolute Gasteiger partial charge is 0.308 e. The van der Waals surface area contributed by atoms with E-state index < -0.39 is 11.9 Å². The third-order valence-corrected chi connectivity index (χ3v) is 2.85. The number of fused-ring (bicyclic) bond motifs is 1. The third-order valence-electron chi connectivity index (χ3n) is 2.85. The lowest BCUT2D eigenvalue weighted by Gasteiger charge is -2.16. The Labute approximate surface area is 134 Å². The molecule has 0 bridgehead atoms. The molecule has 0 amide bonds. The van der Waals surface area contributed by atoms with Crippen LogP contribution in [0.25, 0.3) is 31.7 Å². The van der Waals surface area contributed by atoms with Gasteiger partial charge in [0.15, 0.2) is 0 Å². The Morgan fingerprint density at radius 1 is 0.875 bits per heavy atom. The summed E-state index contributed by atoms with van der Waals surface area (Å²) in [4.78, 5) is 28.1. The maximum absolute atomic E-state index is 11.4. The van der Waals surface area contributed by atoms with Crippen molar-refractivity contribution in [2.24, 2.45) is 10.2 Å². The van der Waals surface area contributed by atoms with E-state index in [1.54, 1.807) is 24.3 Å². The van der Waals surface area contributed by atoms with Crippen molar-refractivity contribution in [2.45, 2.75) is 13.8 Å². The Morgan fingerprint density at radius 3 is 1.54 bits per heavy atom. The minimum atomic E-state index is -0.665. The van der Waals surface area contributed by atoms with E-state index >= 15 is 0 Å². The van der Waals surface area contributed by atoms with E-state index in [2.05, 4.69) is 20.1 Å². The van der Waals surface area contributed by atoms with Crippen molar-refractivity contribution in [1.29, 1.82) is 0 Å². The van der Waals surface area contributed by atoms with Crippen molar-refractivity contribution < 1.29 is 19.1 Å². The van der Waals surface area contributed by atoms with Crippen LogP contribution in [0.2, 0.25) is 0 Å². The van der Waals surface area contributed by atoms with Crippen LogP contribution < -0.4 is 9.47 Å². The minimum Gasteiger partial charge on any atom is -0.426 e. The fourth-order valence-corrected chi connectivity index (χ4v) is 2.12. The summed E-state index contributed by atoms with van der Waals surface area (Å²) in [5.74, 6) is -1.51. The fourth-order valence-electron chi connectivity index (χ4n) is 2.12. The second kappa shape index (κ2) is 7.01. The van der Waals surface area contributed by atoms with Gasteiger partial charge >= 0.3 is 11.9 Å². The summed E-state index contributed by atoms with van der Waals surface area (Å²) in [5, 5.41) is 7.59. The molecule has 2 rings (SSSR count). The molecule has 120 valence electrons. The van der Waals surface area contributed by atoms with Gasteiger partial charge in [-0.3, -0.25) is 9.59 Å². The highest BCUT2D eigenvalue weighted by atomic mass is 16.5. The predicted octanol–water partition coefficient (Wildman–Crippen LogP) is 4.57. The lowest BCUT2D eigenvalue weighted by Crippen LogP contribution is -2.05. The Kier molecular flexibility index (Phi) is 4.86. The summed E-state index contributed by atoms with van der Waals surface area (Å²) < 4.78 is 10.3. The van der Waals surface area contributed by atoms with Gasteiger partial charge in [-0.1, -0.05) is 34.5 Å². The SMILES string of the molecule is CC(=O)Oc1c(N=[N+]=[N-])c(N=[N+]=[N-])c(OC(C)=O)c2ccccc12. The zero-order chi connectivity index (χ0) is 17.7. The van der Waals surface area contributed by atoms with E-state index in [-0.39, 0.29) is 22.9 Å². The van der Waals surface area contributed by atoms with Gasteiger partial charge in [-0.2, -0.15) is 0 Å². The van der Waals surface area contributed by atoms with Crippen molar-refractivity contribution in [1.82, 2.24) is 0 Å². The molecule has 0 unspecified atom stereocenters. The van der Waals surface area contributed by atoms with Crippen LogP contribution >= 0.6 is 0 Å². The first-order valence-corrected chi connectivity index (χ1v) is 6.55. The normalized spacial score (nSPS) is 9.58. The molecule has 0 saturated heterocycles. The van der Waals surface area contributed by atoms with Gasteiger partial charge in [0.05, 0.1) is 11.4 Å². The van der Waals surface area contributed by atoms with Crippen molar-refractivity contribution >= 4 is 34.1 Å². The lowest BCUT2D eigenvalue weighted by atomic mass is 10.1. The Hall–Kier alpha value is -3.74. The van der Waals surface area contributed by atoms with E-state index in [0.717, 1.165) is 0 Å². The molecule has 0 aromatic heterocycles. The standard InChI is InChI=1S/C14H10N6O4/c1-7(21)23-13-9-5-3-4-6-10(9)14(24-8(2)22)12(18-20-16)11(13)17-19-15/h3-6H,1-2H3. The van der Waals surface area contributed by atoms with Crippen molar-refractivity contribution in [3.8, 4) is 11.5 Å². The fraction of sp³-hybridized carbons (Fsp3) is 0.143. The molecule has 0 saturated carbocycles. The van der Waals surface area contributed by atoms with Crippen LogP contribution in [0.3, 0.4) is 0 Å². The number of carbonyl (C=O) groups is 2. The predicted molar refractivity (Wildman–Crippen MR) is 84.2 cm³/mol. The number of azide groups is 2. The van der Waals surface area contributed by atoms with Gasteiger partial charge in [0.1, 0.15) is 11.5 Å². The zero-order valence-corrected chi connectivity index (χ0v) is 12.6. The van der Waals surface area contributed by atoms with Crippen LogP contribution in [0.1, 0.15) is 13.8 Å². The molecule has 0 spiro atoms. The molecule has 0 heterocycles. The highest BCUT2D eigenvalue weighted by Gasteiger charge is 2.22. The largest absolute Gasteiger partial charge is 0.426 e. The molecule has 24 heavy (non-hydrogen) atoms. The highest BCUT2D eigenvalue weighted by Crippen LogP contribution is 2.51. The number of benzene rings is 2. The van der Waals surface area contributed by atoms with Crippen LogP contribution in [0, 0.1) is 0 Å².